The van der Waals surface area contributed by atoms with Crippen LogP contribution in [0.25, 0.3) is 0 Å². The number of benzene rings is 1. The minimum Gasteiger partial charge on any atom is -0.372 e. The van der Waals surface area contributed by atoms with E-state index in [1.165, 1.54) is 6.07 Å². The average Bonchev–Trinajstić information content (AvgIpc) is 2.67. The van der Waals surface area contributed by atoms with E-state index in [4.69, 9.17) is 5.26 Å². The first-order valence-corrected chi connectivity index (χ1v) is 6.63. The minimum atomic E-state index is -4.47. The van der Waals surface area contributed by atoms with Crippen molar-refractivity contribution in [3.05, 3.63) is 35.7 Å². The molecule has 0 aliphatic carbocycles. The van der Waals surface area contributed by atoms with Gasteiger partial charge >= 0.3 is 6.18 Å². The Labute approximate surface area is 116 Å². The van der Waals surface area contributed by atoms with E-state index in [9.17, 15) is 13.2 Å². The molecule has 1 aromatic carbocycles. The Balaban J connectivity index is 2.33. The summed E-state index contributed by atoms with van der Waals surface area (Å²) in [6, 6.07) is 5.64. The molecule has 0 unspecified atom stereocenters. The fourth-order valence-electron chi connectivity index (χ4n) is 2.46. The van der Waals surface area contributed by atoms with E-state index in [1.807, 2.05) is 4.90 Å². The van der Waals surface area contributed by atoms with Gasteiger partial charge in [0.2, 0.25) is 0 Å². The maximum atomic E-state index is 13.0. The predicted octanol–water partition coefficient (Wildman–Crippen LogP) is 4.04. The third-order valence-electron chi connectivity index (χ3n) is 3.47. The second-order valence-electron chi connectivity index (χ2n) is 4.87. The first-order valence-electron chi connectivity index (χ1n) is 6.63. The van der Waals surface area contributed by atoms with Crippen LogP contribution in [0.15, 0.2) is 18.2 Å². The van der Waals surface area contributed by atoms with Crippen LogP contribution in [0, 0.1) is 17.8 Å². The number of nitrogens with zero attached hydrogens (tertiary/aromatic N) is 2. The molecule has 106 valence electrons. The molecule has 0 spiro atoms. The molecule has 0 saturated carbocycles. The van der Waals surface area contributed by atoms with Gasteiger partial charge in [0.1, 0.15) is 6.42 Å². The molecular formula is C15H15F3N2. The molecule has 1 fully saturated rings. The van der Waals surface area contributed by atoms with Gasteiger partial charge in [-0.05, 0) is 30.5 Å². The van der Waals surface area contributed by atoms with E-state index >= 15 is 0 Å². The topological polar surface area (TPSA) is 27.0 Å². The molecule has 0 atom stereocenters. The van der Waals surface area contributed by atoms with Crippen molar-refractivity contribution in [1.82, 2.24) is 0 Å². The van der Waals surface area contributed by atoms with Gasteiger partial charge in [-0.15, -0.1) is 0 Å². The maximum Gasteiger partial charge on any atom is 0.416 e. The SMILES string of the molecule is N#C[C]c1ccc(N2CCCCCC2)cc1C(F)(F)F. The zero-order valence-corrected chi connectivity index (χ0v) is 11.0. The molecule has 0 amide bonds. The highest BCUT2D eigenvalue weighted by Crippen LogP contribution is 2.35. The van der Waals surface area contributed by atoms with Crippen LogP contribution in [0.5, 0.6) is 0 Å². The second-order valence-corrected chi connectivity index (χ2v) is 4.87. The summed E-state index contributed by atoms with van der Waals surface area (Å²) in [7, 11) is 0. The Morgan fingerprint density at radius 2 is 1.70 bits per heavy atom. The second kappa shape index (κ2) is 6.17. The van der Waals surface area contributed by atoms with E-state index in [0.29, 0.717) is 5.69 Å². The summed E-state index contributed by atoms with van der Waals surface area (Å²) in [6.07, 6.45) is 1.86. The summed E-state index contributed by atoms with van der Waals surface area (Å²) in [5, 5.41) is 8.53. The van der Waals surface area contributed by atoms with E-state index in [-0.39, 0.29) is 5.56 Å². The smallest absolute Gasteiger partial charge is 0.372 e. The van der Waals surface area contributed by atoms with Gasteiger partial charge in [0.15, 0.2) is 0 Å². The van der Waals surface area contributed by atoms with E-state index in [1.54, 1.807) is 12.1 Å². The Morgan fingerprint density at radius 1 is 1.05 bits per heavy atom. The van der Waals surface area contributed by atoms with Gasteiger partial charge in [0, 0.05) is 18.8 Å². The van der Waals surface area contributed by atoms with Crippen LogP contribution in [0.3, 0.4) is 0 Å². The van der Waals surface area contributed by atoms with Gasteiger partial charge in [0.25, 0.3) is 0 Å². The normalized spacial score (nSPS) is 16.6. The number of hydrogen-bond acceptors (Lipinski definition) is 2. The fourth-order valence-corrected chi connectivity index (χ4v) is 2.46. The van der Waals surface area contributed by atoms with Gasteiger partial charge < -0.3 is 4.90 Å². The minimum absolute atomic E-state index is 0.196. The molecule has 1 aliphatic rings. The third-order valence-corrected chi connectivity index (χ3v) is 3.47. The largest absolute Gasteiger partial charge is 0.416 e. The summed E-state index contributed by atoms with van der Waals surface area (Å²) in [5.74, 6) is 0. The zero-order chi connectivity index (χ0) is 14.6. The van der Waals surface area contributed by atoms with E-state index in [2.05, 4.69) is 6.42 Å². The summed E-state index contributed by atoms with van der Waals surface area (Å²) in [5.41, 5.74) is -0.415. The third kappa shape index (κ3) is 3.44. The number of nitriles is 1. The van der Waals surface area contributed by atoms with Crippen molar-refractivity contribution in [3.8, 4) is 6.07 Å². The van der Waals surface area contributed by atoms with Gasteiger partial charge in [-0.2, -0.15) is 18.4 Å². The first-order chi connectivity index (χ1) is 9.52. The fraction of sp³-hybridized carbons (Fsp3) is 0.467. The van der Waals surface area contributed by atoms with Gasteiger partial charge in [-0.25, -0.2) is 0 Å². The molecule has 0 N–H and O–H groups in total. The Bertz CT molecular complexity index is 495. The van der Waals surface area contributed by atoms with Crippen LogP contribution in [0.4, 0.5) is 18.9 Å². The van der Waals surface area contributed by atoms with Crippen LogP contribution in [0.1, 0.15) is 36.8 Å². The summed E-state index contributed by atoms with van der Waals surface area (Å²) in [4.78, 5) is 1.98. The quantitative estimate of drug-likeness (QED) is 0.817. The van der Waals surface area contributed by atoms with Gasteiger partial charge in [-0.3, -0.25) is 0 Å². The molecule has 0 bridgehead atoms. The van der Waals surface area contributed by atoms with Crippen LogP contribution < -0.4 is 4.90 Å². The lowest BCUT2D eigenvalue weighted by molar-refractivity contribution is -0.137. The molecule has 1 saturated heterocycles. The van der Waals surface area contributed by atoms with Gasteiger partial charge in [0.05, 0.1) is 11.6 Å². The number of alkyl halides is 3. The molecular weight excluding hydrogens is 265 g/mol. The number of halogens is 3. The Kier molecular flexibility index (Phi) is 4.53. The molecule has 2 rings (SSSR count). The number of hydrogen-bond donors (Lipinski definition) is 0. The summed E-state index contributed by atoms with van der Waals surface area (Å²) in [6.45, 7) is 1.56. The van der Waals surface area contributed by atoms with Crippen LogP contribution in [-0.4, -0.2) is 13.1 Å². The predicted molar refractivity (Wildman–Crippen MR) is 70.1 cm³/mol. The highest BCUT2D eigenvalue weighted by molar-refractivity contribution is 5.54. The van der Waals surface area contributed by atoms with Crippen molar-refractivity contribution < 1.29 is 13.2 Å². The van der Waals surface area contributed by atoms with Crippen LogP contribution in [0.2, 0.25) is 0 Å². The molecule has 1 heterocycles. The Hall–Kier alpha value is -1.70. The highest BCUT2D eigenvalue weighted by atomic mass is 19.4. The average molecular weight is 280 g/mol. The van der Waals surface area contributed by atoms with Crippen molar-refractivity contribution in [2.45, 2.75) is 31.9 Å². The number of anilines is 1. The molecule has 1 aliphatic heterocycles. The van der Waals surface area contributed by atoms with Crippen LogP contribution >= 0.6 is 0 Å². The van der Waals surface area contributed by atoms with Crippen LogP contribution in [-0.2, 0) is 6.18 Å². The van der Waals surface area contributed by atoms with Crippen molar-refractivity contribution in [1.29, 1.82) is 5.26 Å². The van der Waals surface area contributed by atoms with Crippen molar-refractivity contribution >= 4 is 5.69 Å². The number of rotatable bonds is 2. The molecule has 0 aromatic heterocycles. The first kappa shape index (κ1) is 14.7. The standard InChI is InChI=1S/C15H15F3N2/c16-15(17,18)14-11-13(6-5-12(14)7-8-19)20-9-3-1-2-4-10-20/h5-6,11H,1-4,9-10H2. The highest BCUT2D eigenvalue weighted by Gasteiger charge is 2.34. The Morgan fingerprint density at radius 3 is 2.25 bits per heavy atom. The monoisotopic (exact) mass is 280 g/mol. The maximum absolute atomic E-state index is 13.0. The summed E-state index contributed by atoms with van der Waals surface area (Å²) < 4.78 is 39.1. The van der Waals surface area contributed by atoms with E-state index < -0.39 is 11.7 Å². The molecule has 1 aromatic rings. The van der Waals surface area contributed by atoms with Crippen molar-refractivity contribution in [2.24, 2.45) is 0 Å². The molecule has 2 nitrogen and oxygen atoms in total. The zero-order valence-electron chi connectivity index (χ0n) is 11.0. The molecule has 5 heteroatoms. The molecule has 20 heavy (non-hydrogen) atoms. The van der Waals surface area contributed by atoms with Gasteiger partial charge in [-0.1, -0.05) is 18.9 Å². The summed E-state index contributed by atoms with van der Waals surface area (Å²) >= 11 is 0. The van der Waals surface area contributed by atoms with Crippen molar-refractivity contribution in [2.75, 3.05) is 18.0 Å². The lowest BCUT2D eigenvalue weighted by Gasteiger charge is -2.24. The van der Waals surface area contributed by atoms with Crippen molar-refractivity contribution in [3.63, 3.8) is 0 Å². The lowest BCUT2D eigenvalue weighted by Crippen LogP contribution is -2.24. The lowest BCUT2D eigenvalue weighted by atomic mass is 10.0. The van der Waals surface area contributed by atoms with E-state index in [0.717, 1.165) is 44.8 Å². The molecule has 2 radical (unpaired) electrons.